The zero-order valence-electron chi connectivity index (χ0n) is 17.7. The van der Waals surface area contributed by atoms with E-state index in [2.05, 4.69) is 0 Å². The molecule has 3 aromatic rings. The van der Waals surface area contributed by atoms with Crippen molar-refractivity contribution >= 4 is 29.0 Å². The first-order valence-corrected chi connectivity index (χ1v) is 11.1. The minimum atomic E-state index is -0.288. The van der Waals surface area contributed by atoms with Crippen molar-refractivity contribution in [2.45, 2.75) is 13.5 Å². The minimum Gasteiger partial charge on any atom is -0.490 e. The fourth-order valence-corrected chi connectivity index (χ4v) is 4.16. The Kier molecular flexibility index (Phi) is 6.92. The monoisotopic (exact) mass is 445 g/mol. The van der Waals surface area contributed by atoms with Gasteiger partial charge in [-0.2, -0.15) is 0 Å². The van der Waals surface area contributed by atoms with E-state index in [0.717, 1.165) is 34.2 Å². The van der Waals surface area contributed by atoms with Gasteiger partial charge in [0, 0.05) is 5.56 Å². The molecule has 3 aromatic carbocycles. The molecule has 1 fully saturated rings. The van der Waals surface area contributed by atoms with E-state index in [4.69, 9.17) is 9.47 Å². The van der Waals surface area contributed by atoms with Crippen LogP contribution in [0.4, 0.5) is 4.79 Å². The van der Waals surface area contributed by atoms with Crippen LogP contribution >= 0.6 is 11.8 Å². The summed E-state index contributed by atoms with van der Waals surface area (Å²) in [6.45, 7) is 3.00. The average Bonchev–Trinajstić information content (AvgIpc) is 3.06. The van der Waals surface area contributed by atoms with Crippen LogP contribution in [0, 0.1) is 6.92 Å². The molecule has 1 aliphatic heterocycles. The van der Waals surface area contributed by atoms with Gasteiger partial charge in [0.15, 0.2) is 0 Å². The number of aryl methyl sites for hydroxylation is 1. The van der Waals surface area contributed by atoms with Crippen LogP contribution in [-0.4, -0.2) is 29.3 Å². The molecule has 0 unspecified atom stereocenters. The number of nitrogens with zero attached hydrogens (tertiary/aromatic N) is 1. The summed E-state index contributed by atoms with van der Waals surface area (Å²) in [6.07, 6.45) is 1.72. The summed E-state index contributed by atoms with van der Waals surface area (Å²) in [5.41, 5.74) is 2.76. The molecule has 1 saturated heterocycles. The van der Waals surface area contributed by atoms with E-state index >= 15 is 0 Å². The summed E-state index contributed by atoms with van der Waals surface area (Å²) in [4.78, 5) is 27.0. The van der Waals surface area contributed by atoms with Crippen LogP contribution in [0.5, 0.6) is 11.5 Å². The number of carbonyl (C=O) groups excluding carboxylic acids is 2. The van der Waals surface area contributed by atoms with Crippen LogP contribution in [0.2, 0.25) is 0 Å². The molecule has 0 aliphatic carbocycles. The normalized spacial score (nSPS) is 14.8. The standard InChI is InChI=1S/C26H23NO4S/c1-19-8-7-9-20(16-19)18-27-25(28)24(32-26(27)29)17-21-10-5-6-13-23(21)31-15-14-30-22-11-3-2-4-12-22/h2-13,16-17H,14-15,18H2,1H3/b24-17+. The van der Waals surface area contributed by atoms with Crippen molar-refractivity contribution in [1.82, 2.24) is 4.90 Å². The number of hydrogen-bond acceptors (Lipinski definition) is 5. The second-order valence-corrected chi connectivity index (χ2v) is 8.30. The summed E-state index contributed by atoms with van der Waals surface area (Å²) < 4.78 is 11.5. The lowest BCUT2D eigenvalue weighted by molar-refractivity contribution is -0.123. The average molecular weight is 446 g/mol. The molecule has 0 aromatic heterocycles. The van der Waals surface area contributed by atoms with Gasteiger partial charge >= 0.3 is 0 Å². The first-order valence-electron chi connectivity index (χ1n) is 10.3. The quantitative estimate of drug-likeness (QED) is 0.329. The molecule has 0 saturated carbocycles. The van der Waals surface area contributed by atoms with E-state index in [0.29, 0.717) is 23.9 Å². The van der Waals surface area contributed by atoms with Crippen molar-refractivity contribution < 1.29 is 19.1 Å². The van der Waals surface area contributed by atoms with Gasteiger partial charge in [0.1, 0.15) is 24.7 Å². The fraction of sp³-hybridized carbons (Fsp3) is 0.154. The number of thioether (sulfide) groups is 1. The fourth-order valence-electron chi connectivity index (χ4n) is 3.33. The van der Waals surface area contributed by atoms with E-state index < -0.39 is 0 Å². The summed E-state index contributed by atoms with van der Waals surface area (Å²) >= 11 is 0.953. The summed E-state index contributed by atoms with van der Waals surface area (Å²) in [5, 5.41) is -0.266. The highest BCUT2D eigenvalue weighted by atomic mass is 32.2. The molecule has 2 amide bonds. The Morgan fingerprint density at radius 1 is 0.875 bits per heavy atom. The second-order valence-electron chi connectivity index (χ2n) is 7.30. The van der Waals surface area contributed by atoms with Crippen molar-refractivity contribution in [3.8, 4) is 11.5 Å². The number of hydrogen-bond donors (Lipinski definition) is 0. The van der Waals surface area contributed by atoms with Crippen LogP contribution in [-0.2, 0) is 11.3 Å². The molecule has 162 valence electrons. The van der Waals surface area contributed by atoms with Crippen molar-refractivity contribution in [3.63, 3.8) is 0 Å². The van der Waals surface area contributed by atoms with Crippen molar-refractivity contribution in [3.05, 3.63) is 100 Å². The largest absolute Gasteiger partial charge is 0.490 e. The van der Waals surface area contributed by atoms with Crippen molar-refractivity contribution in [1.29, 1.82) is 0 Å². The molecule has 0 atom stereocenters. The smallest absolute Gasteiger partial charge is 0.293 e. The van der Waals surface area contributed by atoms with Gasteiger partial charge in [-0.25, -0.2) is 0 Å². The van der Waals surface area contributed by atoms with E-state index in [1.54, 1.807) is 6.08 Å². The maximum Gasteiger partial charge on any atom is 0.293 e. The van der Waals surface area contributed by atoms with E-state index in [1.807, 2.05) is 85.8 Å². The number of carbonyl (C=O) groups is 2. The van der Waals surface area contributed by atoms with Gasteiger partial charge in [-0.15, -0.1) is 0 Å². The maximum atomic E-state index is 12.9. The van der Waals surface area contributed by atoms with Crippen molar-refractivity contribution in [2.75, 3.05) is 13.2 Å². The number of para-hydroxylation sites is 2. The van der Waals surface area contributed by atoms with Crippen LogP contribution in [0.1, 0.15) is 16.7 Å². The van der Waals surface area contributed by atoms with Crippen molar-refractivity contribution in [2.24, 2.45) is 0 Å². The lowest BCUT2D eigenvalue weighted by Crippen LogP contribution is -2.27. The number of ether oxygens (including phenoxy) is 2. The molecule has 4 rings (SSSR count). The Morgan fingerprint density at radius 2 is 1.62 bits per heavy atom. The second kappa shape index (κ2) is 10.2. The number of benzene rings is 3. The van der Waals surface area contributed by atoms with Gasteiger partial charge in [0.2, 0.25) is 0 Å². The third-order valence-corrected chi connectivity index (χ3v) is 5.76. The van der Waals surface area contributed by atoms with Gasteiger partial charge in [0.05, 0.1) is 11.4 Å². The van der Waals surface area contributed by atoms with Gasteiger partial charge in [-0.3, -0.25) is 14.5 Å². The van der Waals surface area contributed by atoms with Gasteiger partial charge in [-0.05, 0) is 48.5 Å². The van der Waals surface area contributed by atoms with E-state index in [-0.39, 0.29) is 17.7 Å². The Balaban J connectivity index is 1.42. The predicted molar refractivity (Wildman–Crippen MR) is 127 cm³/mol. The maximum absolute atomic E-state index is 12.9. The Hall–Kier alpha value is -3.51. The lowest BCUT2D eigenvalue weighted by atomic mass is 10.1. The predicted octanol–water partition coefficient (Wildman–Crippen LogP) is 5.69. The molecule has 5 nitrogen and oxygen atoms in total. The third-order valence-electron chi connectivity index (χ3n) is 4.86. The van der Waals surface area contributed by atoms with Crippen LogP contribution in [0.15, 0.2) is 83.8 Å². The number of amides is 2. The van der Waals surface area contributed by atoms with E-state index in [9.17, 15) is 9.59 Å². The Morgan fingerprint density at radius 3 is 2.44 bits per heavy atom. The minimum absolute atomic E-state index is 0.263. The van der Waals surface area contributed by atoms with Crippen LogP contribution in [0.3, 0.4) is 0 Å². The zero-order chi connectivity index (χ0) is 22.3. The summed E-state index contributed by atoms with van der Waals surface area (Å²) in [7, 11) is 0. The number of rotatable bonds is 8. The molecule has 1 aliphatic rings. The lowest BCUT2D eigenvalue weighted by Gasteiger charge is -2.13. The summed E-state index contributed by atoms with van der Waals surface area (Å²) in [6, 6.07) is 24.8. The highest BCUT2D eigenvalue weighted by molar-refractivity contribution is 8.18. The molecule has 1 heterocycles. The van der Waals surface area contributed by atoms with Gasteiger partial charge in [-0.1, -0.05) is 66.2 Å². The zero-order valence-corrected chi connectivity index (χ0v) is 18.5. The SMILES string of the molecule is Cc1cccc(CN2C(=O)S/C(=C/c3ccccc3OCCOc3ccccc3)C2=O)c1. The Bertz CT molecular complexity index is 1140. The molecule has 0 N–H and O–H groups in total. The first-order chi connectivity index (χ1) is 15.6. The van der Waals surface area contributed by atoms with Gasteiger partial charge < -0.3 is 9.47 Å². The first kappa shape index (κ1) is 21.7. The summed E-state index contributed by atoms with van der Waals surface area (Å²) in [5.74, 6) is 1.13. The van der Waals surface area contributed by atoms with Crippen LogP contribution < -0.4 is 9.47 Å². The topological polar surface area (TPSA) is 55.8 Å². The Labute approximate surface area is 191 Å². The molecule has 0 radical (unpaired) electrons. The molecule has 0 spiro atoms. The molecule has 6 heteroatoms. The van der Waals surface area contributed by atoms with Gasteiger partial charge in [0.25, 0.3) is 11.1 Å². The molecular weight excluding hydrogens is 422 g/mol. The van der Waals surface area contributed by atoms with E-state index in [1.165, 1.54) is 4.90 Å². The highest BCUT2D eigenvalue weighted by Crippen LogP contribution is 2.35. The molecule has 32 heavy (non-hydrogen) atoms. The highest BCUT2D eigenvalue weighted by Gasteiger charge is 2.35. The molecule has 0 bridgehead atoms. The number of imide groups is 1. The third kappa shape index (κ3) is 5.39. The molecular formula is C26H23NO4S. The van der Waals surface area contributed by atoms with Crippen LogP contribution in [0.25, 0.3) is 6.08 Å².